The lowest BCUT2D eigenvalue weighted by molar-refractivity contribution is 0.213. The van der Waals surface area contributed by atoms with Gasteiger partial charge in [-0.15, -0.1) is 0 Å². The summed E-state index contributed by atoms with van der Waals surface area (Å²) in [6, 6.07) is 13.5. The highest BCUT2D eigenvalue weighted by Gasteiger charge is 2.19. The Bertz CT molecular complexity index is 1030. The van der Waals surface area contributed by atoms with Gasteiger partial charge in [0.1, 0.15) is 17.5 Å². The number of aliphatic hydroxyl groups excluding tert-OH is 1. The first-order valence-corrected chi connectivity index (χ1v) is 8.55. The Morgan fingerprint density at radius 1 is 1.08 bits per heavy atom. The maximum Gasteiger partial charge on any atom is 0.137 e. The van der Waals surface area contributed by atoms with Crippen LogP contribution in [0.3, 0.4) is 0 Å². The van der Waals surface area contributed by atoms with Gasteiger partial charge in [0, 0.05) is 52.4 Å². The number of nitrogens with zero attached hydrogens (tertiary/aromatic N) is 2. The predicted molar refractivity (Wildman–Crippen MR) is 101 cm³/mol. The van der Waals surface area contributed by atoms with Crippen molar-refractivity contribution in [2.75, 3.05) is 6.61 Å². The molecule has 130 valence electrons. The van der Waals surface area contributed by atoms with E-state index in [1.165, 1.54) is 0 Å². The fourth-order valence-electron chi connectivity index (χ4n) is 3.10. The van der Waals surface area contributed by atoms with E-state index in [9.17, 15) is 5.11 Å². The van der Waals surface area contributed by atoms with E-state index >= 15 is 0 Å². The molecule has 0 saturated carbocycles. The molecule has 0 aliphatic carbocycles. The van der Waals surface area contributed by atoms with Crippen LogP contribution in [-0.2, 0) is 0 Å². The zero-order valence-corrected chi connectivity index (χ0v) is 14.4. The van der Waals surface area contributed by atoms with Gasteiger partial charge in [-0.25, -0.2) is 4.98 Å². The number of H-pyrrole nitrogens is 1. The zero-order chi connectivity index (χ0) is 17.9. The van der Waals surface area contributed by atoms with Crippen molar-refractivity contribution in [1.29, 1.82) is 0 Å². The monoisotopic (exact) mass is 345 g/mol. The van der Waals surface area contributed by atoms with Crippen LogP contribution in [0.2, 0.25) is 0 Å². The molecule has 4 aromatic rings. The number of rotatable bonds is 5. The average Bonchev–Trinajstić information content (AvgIpc) is 3.12. The Morgan fingerprint density at radius 2 is 1.96 bits per heavy atom. The predicted octanol–water partition coefficient (Wildman–Crippen LogP) is 4.11. The Hall–Kier alpha value is -3.18. The summed E-state index contributed by atoms with van der Waals surface area (Å²) in [5.41, 5.74) is 4.18. The van der Waals surface area contributed by atoms with Crippen LogP contribution in [0, 0.1) is 0 Å². The SMILES string of the molecule is CCOc1ccccc1C(O)c1c[nH]c2ncc(-c3cccnc3)cc12. The molecule has 4 rings (SSSR count). The zero-order valence-electron chi connectivity index (χ0n) is 14.4. The molecule has 5 heteroatoms. The molecule has 3 aromatic heterocycles. The second-order valence-electron chi connectivity index (χ2n) is 5.98. The van der Waals surface area contributed by atoms with Crippen LogP contribution in [0.4, 0.5) is 0 Å². The smallest absolute Gasteiger partial charge is 0.137 e. The van der Waals surface area contributed by atoms with Crippen molar-refractivity contribution in [3.05, 3.63) is 78.4 Å². The molecular weight excluding hydrogens is 326 g/mol. The number of fused-ring (bicyclic) bond motifs is 1. The van der Waals surface area contributed by atoms with Crippen LogP contribution in [0.15, 0.2) is 67.3 Å². The van der Waals surface area contributed by atoms with Gasteiger partial charge in [0.2, 0.25) is 0 Å². The van der Waals surface area contributed by atoms with Crippen LogP contribution in [0.25, 0.3) is 22.2 Å². The van der Waals surface area contributed by atoms with Crippen molar-refractivity contribution in [2.45, 2.75) is 13.0 Å². The third-order valence-electron chi connectivity index (χ3n) is 4.37. The Labute approximate surface area is 151 Å². The van der Waals surface area contributed by atoms with E-state index < -0.39 is 6.10 Å². The maximum atomic E-state index is 11.0. The van der Waals surface area contributed by atoms with Crippen molar-refractivity contribution in [2.24, 2.45) is 0 Å². The first-order chi connectivity index (χ1) is 12.8. The normalized spacial score (nSPS) is 12.2. The number of hydrogen-bond acceptors (Lipinski definition) is 4. The lowest BCUT2D eigenvalue weighted by Crippen LogP contribution is -2.03. The lowest BCUT2D eigenvalue weighted by atomic mass is 9.99. The lowest BCUT2D eigenvalue weighted by Gasteiger charge is -2.15. The van der Waals surface area contributed by atoms with E-state index in [0.717, 1.165) is 33.3 Å². The van der Waals surface area contributed by atoms with Crippen molar-refractivity contribution in [3.63, 3.8) is 0 Å². The molecule has 0 amide bonds. The van der Waals surface area contributed by atoms with Crippen molar-refractivity contribution >= 4 is 11.0 Å². The van der Waals surface area contributed by atoms with Crippen LogP contribution < -0.4 is 4.74 Å². The average molecular weight is 345 g/mol. The number of nitrogens with one attached hydrogen (secondary N) is 1. The number of aliphatic hydroxyl groups is 1. The summed E-state index contributed by atoms with van der Waals surface area (Å²) in [6.45, 7) is 2.48. The molecule has 1 atom stereocenters. The molecule has 26 heavy (non-hydrogen) atoms. The molecule has 0 aliphatic heterocycles. The fraction of sp³-hybridized carbons (Fsp3) is 0.143. The first-order valence-electron chi connectivity index (χ1n) is 8.55. The topological polar surface area (TPSA) is 71.0 Å². The summed E-state index contributed by atoms with van der Waals surface area (Å²) in [5.74, 6) is 0.688. The third-order valence-corrected chi connectivity index (χ3v) is 4.37. The molecule has 1 aromatic carbocycles. The van der Waals surface area contributed by atoms with Gasteiger partial charge < -0.3 is 14.8 Å². The van der Waals surface area contributed by atoms with E-state index in [2.05, 4.69) is 15.0 Å². The molecule has 5 nitrogen and oxygen atoms in total. The van der Waals surface area contributed by atoms with E-state index in [0.29, 0.717) is 12.4 Å². The molecule has 0 spiro atoms. The molecular formula is C21H19N3O2. The Balaban J connectivity index is 1.79. The molecule has 0 bridgehead atoms. The van der Waals surface area contributed by atoms with Crippen molar-refractivity contribution in [3.8, 4) is 16.9 Å². The number of ether oxygens (including phenoxy) is 1. The summed E-state index contributed by atoms with van der Waals surface area (Å²) < 4.78 is 5.67. The molecule has 3 heterocycles. The molecule has 0 fully saturated rings. The highest BCUT2D eigenvalue weighted by Crippen LogP contribution is 2.34. The maximum absolute atomic E-state index is 11.0. The van der Waals surface area contributed by atoms with Crippen LogP contribution in [-0.4, -0.2) is 26.7 Å². The number of para-hydroxylation sites is 1. The van der Waals surface area contributed by atoms with Crippen molar-refractivity contribution < 1.29 is 9.84 Å². The van der Waals surface area contributed by atoms with E-state index in [-0.39, 0.29) is 0 Å². The minimum absolute atomic E-state index is 0.546. The third kappa shape index (κ3) is 2.93. The number of benzene rings is 1. The van der Waals surface area contributed by atoms with Crippen molar-refractivity contribution in [1.82, 2.24) is 15.0 Å². The minimum atomic E-state index is -0.808. The number of hydrogen-bond donors (Lipinski definition) is 2. The molecule has 2 N–H and O–H groups in total. The summed E-state index contributed by atoms with van der Waals surface area (Å²) in [4.78, 5) is 11.8. The van der Waals surface area contributed by atoms with Crippen LogP contribution in [0.1, 0.15) is 24.2 Å². The highest BCUT2D eigenvalue weighted by molar-refractivity contribution is 5.85. The molecule has 0 radical (unpaired) electrons. The fourth-order valence-corrected chi connectivity index (χ4v) is 3.10. The molecule has 1 unspecified atom stereocenters. The van der Waals surface area contributed by atoms with Gasteiger partial charge in [-0.2, -0.15) is 0 Å². The standard InChI is InChI=1S/C21H19N3O2/c1-2-26-19-8-4-3-7-16(19)20(25)18-13-24-21-17(18)10-15(12-23-21)14-6-5-9-22-11-14/h3-13,20,25H,2H2,1H3,(H,23,24). The van der Waals surface area contributed by atoms with Gasteiger partial charge in [0.05, 0.1) is 6.61 Å². The van der Waals surface area contributed by atoms with Gasteiger partial charge in [0.15, 0.2) is 0 Å². The summed E-state index contributed by atoms with van der Waals surface area (Å²) in [7, 11) is 0. The van der Waals surface area contributed by atoms with Gasteiger partial charge in [0.25, 0.3) is 0 Å². The highest BCUT2D eigenvalue weighted by atomic mass is 16.5. The minimum Gasteiger partial charge on any atom is -0.493 e. The van der Waals surface area contributed by atoms with E-state index in [4.69, 9.17) is 4.74 Å². The first kappa shape index (κ1) is 16.3. The number of aromatic nitrogens is 3. The number of pyridine rings is 2. The largest absolute Gasteiger partial charge is 0.493 e. The van der Waals surface area contributed by atoms with E-state index in [1.54, 1.807) is 24.8 Å². The van der Waals surface area contributed by atoms with Crippen LogP contribution in [0.5, 0.6) is 5.75 Å². The second-order valence-corrected chi connectivity index (χ2v) is 5.98. The molecule has 0 aliphatic rings. The number of aromatic amines is 1. The quantitative estimate of drug-likeness (QED) is 0.571. The summed E-state index contributed by atoms with van der Waals surface area (Å²) in [6.07, 6.45) is 6.34. The van der Waals surface area contributed by atoms with Gasteiger partial charge in [-0.3, -0.25) is 4.98 Å². The van der Waals surface area contributed by atoms with Gasteiger partial charge in [-0.1, -0.05) is 24.3 Å². The Morgan fingerprint density at radius 3 is 2.77 bits per heavy atom. The van der Waals surface area contributed by atoms with Crippen LogP contribution >= 0.6 is 0 Å². The van der Waals surface area contributed by atoms with Gasteiger partial charge >= 0.3 is 0 Å². The van der Waals surface area contributed by atoms with Gasteiger partial charge in [-0.05, 0) is 25.1 Å². The summed E-state index contributed by atoms with van der Waals surface area (Å²) in [5, 5.41) is 11.9. The molecule has 0 saturated heterocycles. The Kier molecular flexibility index (Phi) is 4.37. The second kappa shape index (κ2) is 6.98. The van der Waals surface area contributed by atoms with E-state index in [1.807, 2.05) is 49.4 Å². The summed E-state index contributed by atoms with van der Waals surface area (Å²) >= 11 is 0.